The number of nitrogens with one attached hydrogen (secondary N) is 1. The van der Waals surface area contributed by atoms with E-state index in [9.17, 15) is 13.2 Å². The van der Waals surface area contributed by atoms with Crippen molar-refractivity contribution in [3.05, 3.63) is 0 Å². The van der Waals surface area contributed by atoms with Crippen molar-refractivity contribution in [2.45, 2.75) is 96.3 Å². The van der Waals surface area contributed by atoms with Gasteiger partial charge in [-0.15, -0.1) is 0 Å². The van der Waals surface area contributed by atoms with Crippen molar-refractivity contribution in [3.8, 4) is 0 Å². The third kappa shape index (κ3) is 6.96. The first-order valence-corrected chi connectivity index (χ1v) is 8.26. The van der Waals surface area contributed by atoms with Gasteiger partial charge in [0.1, 0.15) is 0 Å². The van der Waals surface area contributed by atoms with Crippen LogP contribution in [0.2, 0.25) is 0 Å². The molecule has 0 bridgehead atoms. The molecule has 20 heavy (non-hydrogen) atoms. The van der Waals surface area contributed by atoms with Gasteiger partial charge in [-0.25, -0.2) is 0 Å². The maximum absolute atomic E-state index is 12.6. The Morgan fingerprint density at radius 2 is 1.60 bits per heavy atom. The summed E-state index contributed by atoms with van der Waals surface area (Å²) >= 11 is 0. The molecule has 1 atom stereocenters. The SMILES string of the molecule is CCCCCCCC(C)NC1CCC(C(F)(F)F)CC1. The molecule has 0 aromatic rings. The van der Waals surface area contributed by atoms with Gasteiger partial charge in [0.25, 0.3) is 0 Å². The number of unbranched alkanes of at least 4 members (excludes halogenated alkanes) is 4. The Bertz CT molecular complexity index is 245. The largest absolute Gasteiger partial charge is 0.391 e. The molecule has 1 saturated carbocycles. The summed E-state index contributed by atoms with van der Waals surface area (Å²) in [6.45, 7) is 4.37. The second-order valence-electron chi connectivity index (χ2n) is 6.36. The number of rotatable bonds is 8. The van der Waals surface area contributed by atoms with E-state index in [4.69, 9.17) is 0 Å². The molecule has 1 fully saturated rings. The summed E-state index contributed by atoms with van der Waals surface area (Å²) in [7, 11) is 0. The molecule has 1 unspecified atom stereocenters. The highest BCUT2D eigenvalue weighted by molar-refractivity contribution is 4.82. The quantitative estimate of drug-likeness (QED) is 0.587. The highest BCUT2D eigenvalue weighted by Crippen LogP contribution is 2.37. The van der Waals surface area contributed by atoms with Gasteiger partial charge >= 0.3 is 6.18 Å². The van der Waals surface area contributed by atoms with Crippen LogP contribution in [-0.2, 0) is 0 Å². The molecule has 4 heteroatoms. The van der Waals surface area contributed by atoms with Crippen LogP contribution in [-0.4, -0.2) is 18.3 Å². The molecule has 0 heterocycles. The normalized spacial score (nSPS) is 25.6. The molecular formula is C16H30F3N. The molecule has 1 N–H and O–H groups in total. The van der Waals surface area contributed by atoms with Crippen LogP contribution in [0.3, 0.4) is 0 Å². The van der Waals surface area contributed by atoms with Gasteiger partial charge in [0.15, 0.2) is 0 Å². The molecule has 1 aliphatic carbocycles. The van der Waals surface area contributed by atoms with Crippen molar-refractivity contribution in [1.29, 1.82) is 0 Å². The topological polar surface area (TPSA) is 12.0 Å². The van der Waals surface area contributed by atoms with Crippen molar-refractivity contribution < 1.29 is 13.2 Å². The van der Waals surface area contributed by atoms with Crippen molar-refractivity contribution in [3.63, 3.8) is 0 Å². The van der Waals surface area contributed by atoms with Crippen LogP contribution in [0.1, 0.15) is 78.1 Å². The predicted octanol–water partition coefficient (Wildman–Crippen LogP) is 5.45. The van der Waals surface area contributed by atoms with Crippen molar-refractivity contribution in [2.24, 2.45) is 5.92 Å². The molecule has 0 aromatic carbocycles. The third-order valence-corrected chi connectivity index (χ3v) is 4.45. The summed E-state index contributed by atoms with van der Waals surface area (Å²) in [4.78, 5) is 0. The van der Waals surface area contributed by atoms with Crippen molar-refractivity contribution >= 4 is 0 Å². The molecule has 0 radical (unpaired) electrons. The van der Waals surface area contributed by atoms with Gasteiger partial charge in [-0.1, -0.05) is 39.0 Å². The fourth-order valence-corrected chi connectivity index (χ4v) is 3.13. The highest BCUT2D eigenvalue weighted by Gasteiger charge is 2.41. The van der Waals surface area contributed by atoms with E-state index in [2.05, 4.69) is 19.2 Å². The minimum absolute atomic E-state index is 0.291. The first kappa shape index (κ1) is 17.8. The van der Waals surface area contributed by atoms with Crippen LogP contribution in [0, 0.1) is 5.92 Å². The van der Waals surface area contributed by atoms with Gasteiger partial charge in [0.2, 0.25) is 0 Å². The Kier molecular flexibility index (Phi) is 7.93. The van der Waals surface area contributed by atoms with E-state index in [1.54, 1.807) is 0 Å². The van der Waals surface area contributed by atoms with Crippen molar-refractivity contribution in [2.75, 3.05) is 0 Å². The number of alkyl halides is 3. The lowest BCUT2D eigenvalue weighted by atomic mass is 9.85. The summed E-state index contributed by atoms with van der Waals surface area (Å²) in [5.74, 6) is -1.06. The van der Waals surface area contributed by atoms with Crippen LogP contribution in [0.5, 0.6) is 0 Å². The molecule has 0 saturated heterocycles. The van der Waals surface area contributed by atoms with E-state index in [1.165, 1.54) is 32.1 Å². The minimum Gasteiger partial charge on any atom is -0.312 e. The summed E-state index contributed by atoms with van der Waals surface area (Å²) in [6, 6.07) is 0.725. The Balaban J connectivity index is 2.10. The Morgan fingerprint density at radius 3 is 2.15 bits per heavy atom. The zero-order chi connectivity index (χ0) is 15.0. The second kappa shape index (κ2) is 8.91. The average molecular weight is 293 g/mol. The minimum atomic E-state index is -3.99. The lowest BCUT2D eigenvalue weighted by molar-refractivity contribution is -0.182. The van der Waals surface area contributed by atoms with Gasteiger partial charge < -0.3 is 5.32 Å². The standard InChI is InChI=1S/C16H30F3N/c1-3-4-5-6-7-8-13(2)20-15-11-9-14(10-12-15)16(17,18)19/h13-15,20H,3-12H2,1-2H3. The molecule has 1 rings (SSSR count). The number of halogens is 3. The van der Waals surface area contributed by atoms with Crippen LogP contribution in [0.15, 0.2) is 0 Å². The van der Waals surface area contributed by atoms with Gasteiger partial charge in [0.05, 0.1) is 5.92 Å². The van der Waals surface area contributed by atoms with Crippen LogP contribution in [0.25, 0.3) is 0 Å². The lowest BCUT2D eigenvalue weighted by Gasteiger charge is -2.32. The zero-order valence-corrected chi connectivity index (χ0v) is 12.9. The molecule has 0 aromatic heterocycles. The maximum atomic E-state index is 12.6. The number of hydrogen-bond acceptors (Lipinski definition) is 1. The van der Waals surface area contributed by atoms with E-state index < -0.39 is 12.1 Å². The summed E-state index contributed by atoms with van der Waals surface area (Å²) < 4.78 is 37.7. The Labute approximate surface area is 121 Å². The monoisotopic (exact) mass is 293 g/mol. The lowest BCUT2D eigenvalue weighted by Crippen LogP contribution is -2.41. The second-order valence-corrected chi connectivity index (χ2v) is 6.36. The smallest absolute Gasteiger partial charge is 0.312 e. The van der Waals surface area contributed by atoms with E-state index in [-0.39, 0.29) is 0 Å². The van der Waals surface area contributed by atoms with Gasteiger partial charge in [-0.05, 0) is 39.0 Å². The first-order chi connectivity index (χ1) is 9.43. The first-order valence-electron chi connectivity index (χ1n) is 8.26. The van der Waals surface area contributed by atoms with Crippen LogP contribution < -0.4 is 5.32 Å². The fraction of sp³-hybridized carbons (Fsp3) is 1.00. The van der Waals surface area contributed by atoms with Crippen LogP contribution >= 0.6 is 0 Å². The maximum Gasteiger partial charge on any atom is 0.391 e. The molecule has 0 amide bonds. The van der Waals surface area contributed by atoms with Crippen molar-refractivity contribution in [1.82, 2.24) is 5.32 Å². The van der Waals surface area contributed by atoms with E-state index in [1.807, 2.05) is 0 Å². The molecule has 0 spiro atoms. The highest BCUT2D eigenvalue weighted by atomic mass is 19.4. The summed E-state index contributed by atoms with van der Waals surface area (Å²) in [5, 5.41) is 3.51. The molecule has 120 valence electrons. The predicted molar refractivity (Wildman–Crippen MR) is 77.8 cm³/mol. The summed E-state index contributed by atoms with van der Waals surface area (Å²) in [6.07, 6.45) is 5.47. The molecule has 1 aliphatic rings. The Morgan fingerprint density at radius 1 is 1.00 bits per heavy atom. The molecule has 0 aliphatic heterocycles. The Hall–Kier alpha value is -0.250. The third-order valence-electron chi connectivity index (χ3n) is 4.45. The summed E-state index contributed by atoms with van der Waals surface area (Å²) in [5.41, 5.74) is 0. The van der Waals surface area contributed by atoms with E-state index in [0.717, 1.165) is 6.42 Å². The van der Waals surface area contributed by atoms with Crippen LogP contribution in [0.4, 0.5) is 13.2 Å². The van der Waals surface area contributed by atoms with Gasteiger partial charge in [-0.3, -0.25) is 0 Å². The average Bonchev–Trinajstić information content (AvgIpc) is 2.38. The van der Waals surface area contributed by atoms with E-state index in [0.29, 0.717) is 37.8 Å². The fourth-order valence-electron chi connectivity index (χ4n) is 3.13. The zero-order valence-electron chi connectivity index (χ0n) is 12.9. The van der Waals surface area contributed by atoms with Gasteiger partial charge in [-0.2, -0.15) is 13.2 Å². The van der Waals surface area contributed by atoms with E-state index >= 15 is 0 Å². The molecular weight excluding hydrogens is 263 g/mol. The molecule has 1 nitrogen and oxygen atoms in total. The number of hydrogen-bond donors (Lipinski definition) is 1. The van der Waals surface area contributed by atoms with Gasteiger partial charge in [0, 0.05) is 12.1 Å².